The third kappa shape index (κ3) is 27.8. The van der Waals surface area contributed by atoms with Gasteiger partial charge in [0.1, 0.15) is 11.4 Å². The van der Waals surface area contributed by atoms with Crippen LogP contribution in [0.25, 0.3) is 22.5 Å². The van der Waals surface area contributed by atoms with E-state index in [4.69, 9.17) is 0 Å². The molecule has 21 heteroatoms. The predicted octanol–water partition coefficient (Wildman–Crippen LogP) is 31.9. The van der Waals surface area contributed by atoms with E-state index < -0.39 is 22.9 Å². The Labute approximate surface area is 853 Å². The van der Waals surface area contributed by atoms with Crippen LogP contribution in [0.4, 0.5) is 18.9 Å². The molecule has 2 aromatic carbocycles. The van der Waals surface area contributed by atoms with E-state index in [-0.39, 0.29) is 39.2 Å². The molecule has 8 unspecified atom stereocenters. The van der Waals surface area contributed by atoms with E-state index in [1.807, 2.05) is 60.1 Å². The van der Waals surface area contributed by atoms with Crippen LogP contribution in [0.3, 0.4) is 0 Å². The minimum Gasteiger partial charge on any atom is -0.362 e. The molecule has 7 aromatic heterocycles. The van der Waals surface area contributed by atoms with Gasteiger partial charge in [-0.1, -0.05) is 201 Å². The standard InChI is InChI=1S/C23H28N4.C18H31N3.C17H28F2N2.C17H30N2.C16H28N2.C15H25FN2.C14H25N3/c1-22(2,3)26-15-16-11-7-8-12-17(16)20-21(18-13-9-10-14-19(18)26)27(25-24-20)23(4,5)6;1-17(2,3)11-14-12-7-9-15-16(10-8-13(12)14)21(20-19-15)18(4,5)6;1-15(2,3)14-10-8-7-9-13-12(17(14,18)19)11-20-21(13)16(4,5)6;1-16(2,3)14-9-7-8-10-15-13(11-14)12-18-19(15)17(4,5)6;1-12(2)18-15-8-6-7-14(16(3,4)5)10-9-13(15)11-17-18;1-11(2)15(16)9-7-5-6-8-14-13(15)10-17-18(14)12(3)4;1-10(2)12-8-6-5-7-9-13-14(12)15-16-17(13)11(3)4/h7-14H,15H2,1-6H3;12-14H,7-11H2,1-6H3;11,14H,7-10H2,1-6H3;12,14H,7-11H2,1-6H3;11-12,14H,6-10H2,1-5H3;10-12H,5-9H2,1-4H3;10-12H,5-9H2,1-4H3. The molecule has 0 radical (unpaired) electrons. The summed E-state index contributed by atoms with van der Waals surface area (Å²) < 4.78 is 60.3. The fourth-order valence-corrected chi connectivity index (χ4v) is 23.9. The first-order valence-corrected chi connectivity index (χ1v) is 55.6. The largest absolute Gasteiger partial charge is 0.362 e. The van der Waals surface area contributed by atoms with Crippen molar-refractivity contribution in [2.45, 2.75) is 512 Å². The Morgan fingerprint density at radius 3 is 1.47 bits per heavy atom. The fraction of sp³-hybridized carbons (Fsp3) is 0.750. The van der Waals surface area contributed by atoms with Crippen molar-refractivity contribution in [3.63, 3.8) is 0 Å². The highest BCUT2D eigenvalue weighted by Gasteiger charge is 2.53. The normalized spacial score (nSPS) is 22.0. The number of alkyl halides is 3. The summed E-state index contributed by atoms with van der Waals surface area (Å²) in [5.41, 5.74) is 20.6. The number of hydrogen-bond acceptors (Lipinski definition) is 11. The van der Waals surface area contributed by atoms with Gasteiger partial charge in [0.05, 0.1) is 81.0 Å². The molecule has 786 valence electrons. The van der Waals surface area contributed by atoms with E-state index in [2.05, 4.69) is 341 Å². The van der Waals surface area contributed by atoms with Gasteiger partial charge < -0.3 is 4.90 Å². The van der Waals surface area contributed by atoms with Crippen LogP contribution in [0.5, 0.6) is 0 Å². The van der Waals surface area contributed by atoms with Crippen LogP contribution in [0.15, 0.2) is 73.3 Å². The van der Waals surface area contributed by atoms with Gasteiger partial charge in [-0.05, 0) is 385 Å². The molecule has 0 N–H and O–H groups in total. The highest BCUT2D eigenvalue weighted by atomic mass is 19.3. The van der Waals surface area contributed by atoms with Crippen molar-refractivity contribution in [2.75, 3.05) is 4.90 Å². The summed E-state index contributed by atoms with van der Waals surface area (Å²) in [5.74, 6) is 2.36. The second-order valence-electron chi connectivity index (χ2n) is 54.5. The van der Waals surface area contributed by atoms with E-state index in [1.54, 1.807) is 10.9 Å². The zero-order valence-electron chi connectivity index (χ0n) is 95.8. The van der Waals surface area contributed by atoms with Crippen molar-refractivity contribution >= 4 is 5.69 Å². The van der Waals surface area contributed by atoms with Gasteiger partial charge in [-0.25, -0.2) is 27.2 Å². The van der Waals surface area contributed by atoms with Crippen molar-refractivity contribution in [3.05, 3.63) is 147 Å². The van der Waals surface area contributed by atoms with Crippen LogP contribution in [0, 0.1) is 69.0 Å². The Morgan fingerprint density at radius 2 is 0.879 bits per heavy atom. The van der Waals surface area contributed by atoms with Gasteiger partial charge in [-0.2, -0.15) is 20.4 Å². The van der Waals surface area contributed by atoms with Crippen LogP contribution in [0.2, 0.25) is 0 Å². The molecular formula is C120H195F3N18. The van der Waals surface area contributed by atoms with Crippen molar-refractivity contribution in [1.82, 2.24) is 84.1 Å². The Kier molecular flexibility index (Phi) is 36.5. The molecule has 8 heterocycles. The molecule has 141 heavy (non-hydrogen) atoms. The fourth-order valence-electron chi connectivity index (χ4n) is 23.9. The van der Waals surface area contributed by atoms with Gasteiger partial charge in [-0.15, -0.1) is 15.3 Å². The van der Waals surface area contributed by atoms with Gasteiger partial charge in [0, 0.05) is 87.2 Å². The van der Waals surface area contributed by atoms with Crippen LogP contribution < -0.4 is 4.90 Å². The van der Waals surface area contributed by atoms with Crippen LogP contribution in [0.1, 0.15) is 482 Å². The third-order valence-electron chi connectivity index (χ3n) is 32.0. The number of aromatic nitrogens is 17. The van der Waals surface area contributed by atoms with Crippen molar-refractivity contribution in [2.24, 2.45) is 69.0 Å². The molecule has 9 aromatic rings. The SMILES string of the molecule is CC(C)(C)C1CCCCc2c(cnn2C(C)(C)C)C1.CC(C)(C)C1CCCCc2c(cnn2C(C)(C)C)C1(F)F.CC(C)(C)CC1C2CCc3nnn(C(C)(C)C)c3CCC21.CC(C)(C)N1Cc2ccccc2-c2nnn(C(C)(C)C)c2-c2ccccc21.CC(C)C1CCCCCc2c1nnn2C(C)C.CC(C)n1ncc2c1CCCC(C(C)(C)C)CC2.CC(C)n1ncc2c1CCCCCC2(F)C(C)C. The first kappa shape index (κ1) is 114. The first-order chi connectivity index (χ1) is 65.5. The number of nitrogens with zero attached hydrogens (tertiary/aromatic N) is 18. The average molecular weight is 1950 g/mol. The van der Waals surface area contributed by atoms with Crippen molar-refractivity contribution < 1.29 is 13.2 Å². The number of anilines is 1. The number of rotatable bonds is 6. The minimum atomic E-state index is -2.81. The molecule has 17 rings (SSSR count). The molecule has 18 nitrogen and oxygen atoms in total. The second-order valence-corrected chi connectivity index (χ2v) is 54.5. The van der Waals surface area contributed by atoms with E-state index in [0.717, 1.165) is 116 Å². The topological polar surface area (TPSA) is 167 Å². The Morgan fingerprint density at radius 1 is 0.376 bits per heavy atom. The van der Waals surface area contributed by atoms with Gasteiger partial charge in [0.2, 0.25) is 0 Å². The molecule has 7 aliphatic carbocycles. The number of fused-ring (bicyclic) bond motifs is 12. The van der Waals surface area contributed by atoms with Gasteiger partial charge >= 0.3 is 0 Å². The first-order valence-electron chi connectivity index (χ1n) is 55.6. The highest BCUT2D eigenvalue weighted by Crippen LogP contribution is 2.58. The van der Waals surface area contributed by atoms with E-state index in [9.17, 15) is 0 Å². The third-order valence-corrected chi connectivity index (χ3v) is 32.0. The maximum absolute atomic E-state index is 15.4. The summed E-state index contributed by atoms with van der Waals surface area (Å²) in [6.45, 7) is 82.5. The summed E-state index contributed by atoms with van der Waals surface area (Å²) in [6, 6.07) is 18.5. The quantitative estimate of drug-likeness (QED) is 0.155. The zero-order valence-corrected chi connectivity index (χ0v) is 95.8. The Hall–Kier alpha value is -7.71. The van der Waals surface area contributed by atoms with Crippen LogP contribution >= 0.6 is 0 Å². The van der Waals surface area contributed by atoms with Crippen molar-refractivity contribution in [1.29, 1.82) is 0 Å². The van der Waals surface area contributed by atoms with Gasteiger partial charge in [0.25, 0.3) is 5.92 Å². The molecule has 8 atom stereocenters. The van der Waals surface area contributed by atoms with E-state index in [0.29, 0.717) is 65.5 Å². The number of benzene rings is 2. The lowest BCUT2D eigenvalue weighted by Gasteiger charge is -2.40. The van der Waals surface area contributed by atoms with Gasteiger partial charge in [-0.3, -0.25) is 18.7 Å². The molecular weight excluding hydrogens is 1750 g/mol. The lowest BCUT2D eigenvalue weighted by Crippen LogP contribution is -2.41. The smallest absolute Gasteiger partial charge is 0.279 e. The molecule has 0 amide bonds. The number of hydrogen-bond donors (Lipinski definition) is 0. The lowest BCUT2D eigenvalue weighted by molar-refractivity contribution is -0.111. The monoisotopic (exact) mass is 1950 g/mol. The van der Waals surface area contributed by atoms with Crippen molar-refractivity contribution in [3.8, 4) is 22.5 Å². The number of aryl methyl sites for hydroxylation is 2. The van der Waals surface area contributed by atoms with Crippen LogP contribution in [-0.4, -0.2) is 89.6 Å². The second kappa shape index (κ2) is 45.3. The molecule has 1 saturated carbocycles. The highest BCUT2D eigenvalue weighted by molar-refractivity contribution is 5.88. The molecule has 0 spiro atoms. The summed E-state index contributed by atoms with van der Waals surface area (Å²) in [5, 5.41) is 45.0. The summed E-state index contributed by atoms with van der Waals surface area (Å²) >= 11 is 0. The number of para-hydroxylation sites is 1. The Balaban J connectivity index is 0.000000158. The van der Waals surface area contributed by atoms with E-state index in [1.165, 1.54) is 189 Å². The Bertz CT molecular complexity index is 5440. The summed E-state index contributed by atoms with van der Waals surface area (Å²) in [7, 11) is 0. The summed E-state index contributed by atoms with van der Waals surface area (Å²) in [4.78, 5) is 2.49. The van der Waals surface area contributed by atoms with Crippen LogP contribution in [-0.2, 0) is 98.1 Å². The minimum absolute atomic E-state index is 0.0131. The average Bonchev–Trinajstić information content (AvgIpc) is 1.65. The van der Waals surface area contributed by atoms with E-state index >= 15 is 13.2 Å². The summed E-state index contributed by atoms with van der Waals surface area (Å²) in [6.07, 6.45) is 41.0. The predicted molar refractivity (Wildman–Crippen MR) is 580 cm³/mol. The van der Waals surface area contributed by atoms with Gasteiger partial charge in [0.15, 0.2) is 0 Å². The molecule has 1 aliphatic heterocycles. The maximum Gasteiger partial charge on any atom is 0.279 e. The molecule has 0 bridgehead atoms. The molecule has 8 aliphatic rings. The molecule has 0 saturated heterocycles. The maximum atomic E-state index is 15.4. The number of halogens is 3. The lowest BCUT2D eigenvalue weighted by atomic mass is 9.71. The zero-order chi connectivity index (χ0) is 104. The molecule has 1 fully saturated rings.